The molecule has 0 aromatic heterocycles. The molecule has 1 atom stereocenters. The normalized spacial score (nSPS) is 11.4. The molecule has 1 amide bonds. The average Bonchev–Trinajstić information content (AvgIpc) is 2.65. The third-order valence-corrected chi connectivity index (χ3v) is 3.98. The Hall–Kier alpha value is -2.86. The first-order valence-electron chi connectivity index (χ1n) is 8.29. The lowest BCUT2D eigenvalue weighted by Crippen LogP contribution is -2.31. The molecule has 0 bridgehead atoms. The molecule has 0 aliphatic carbocycles. The third kappa shape index (κ3) is 6.75. The van der Waals surface area contributed by atoms with E-state index in [-0.39, 0.29) is 18.4 Å². The quantitative estimate of drug-likeness (QED) is 0.553. The molecule has 0 aliphatic heterocycles. The SMILES string of the molecule is CC(=O)c1ccc(OCC(=O)OCC(=O)N[C@H](C)c2ccc(Cl)cc2)cc1. The van der Waals surface area contributed by atoms with Crippen LogP contribution in [0.5, 0.6) is 5.75 Å². The van der Waals surface area contributed by atoms with Crippen LogP contribution < -0.4 is 10.1 Å². The molecule has 2 aromatic carbocycles. The van der Waals surface area contributed by atoms with Crippen LogP contribution in [-0.2, 0) is 14.3 Å². The van der Waals surface area contributed by atoms with E-state index in [2.05, 4.69) is 5.32 Å². The van der Waals surface area contributed by atoms with E-state index >= 15 is 0 Å². The number of benzene rings is 2. The zero-order chi connectivity index (χ0) is 19.8. The minimum absolute atomic E-state index is 0.0557. The maximum Gasteiger partial charge on any atom is 0.344 e. The van der Waals surface area contributed by atoms with Gasteiger partial charge in [-0.15, -0.1) is 0 Å². The lowest BCUT2D eigenvalue weighted by molar-refractivity contribution is -0.150. The fourth-order valence-electron chi connectivity index (χ4n) is 2.23. The molecule has 0 fully saturated rings. The number of esters is 1. The zero-order valence-corrected chi connectivity index (χ0v) is 15.8. The number of amides is 1. The lowest BCUT2D eigenvalue weighted by Gasteiger charge is -2.14. The molecular weight excluding hydrogens is 370 g/mol. The Balaban J connectivity index is 1.72. The second kappa shape index (κ2) is 9.73. The molecular formula is C20H20ClNO5. The number of halogens is 1. The van der Waals surface area contributed by atoms with E-state index < -0.39 is 18.5 Å². The summed E-state index contributed by atoms with van der Waals surface area (Å²) < 4.78 is 10.2. The number of ether oxygens (including phenoxy) is 2. The lowest BCUT2D eigenvalue weighted by atomic mass is 10.1. The molecule has 0 radical (unpaired) electrons. The predicted octanol–water partition coefficient (Wildman–Crippen LogP) is 3.34. The zero-order valence-electron chi connectivity index (χ0n) is 15.0. The standard InChI is InChI=1S/C20H20ClNO5/c1-13(15-3-7-17(21)8-4-15)22-19(24)11-27-20(25)12-26-18-9-5-16(6-10-18)14(2)23/h3-10,13H,11-12H2,1-2H3,(H,22,24)/t13-/m1/s1. The Bertz CT molecular complexity index is 802. The van der Waals surface area contributed by atoms with Crippen molar-refractivity contribution in [3.05, 3.63) is 64.7 Å². The molecule has 0 saturated heterocycles. The Labute approximate surface area is 162 Å². The van der Waals surface area contributed by atoms with Gasteiger partial charge in [0.15, 0.2) is 19.0 Å². The monoisotopic (exact) mass is 389 g/mol. The Morgan fingerprint density at radius 3 is 2.22 bits per heavy atom. The van der Waals surface area contributed by atoms with Crippen molar-refractivity contribution in [1.29, 1.82) is 0 Å². The summed E-state index contributed by atoms with van der Waals surface area (Å²) in [6, 6.07) is 13.2. The highest BCUT2D eigenvalue weighted by Crippen LogP contribution is 2.16. The number of Topliss-reactive ketones (excluding diaryl/α,β-unsaturated/α-hetero) is 1. The second-order valence-electron chi connectivity index (χ2n) is 5.87. The van der Waals surface area contributed by atoms with Gasteiger partial charge in [-0.05, 0) is 55.8 Å². The Morgan fingerprint density at radius 2 is 1.63 bits per heavy atom. The van der Waals surface area contributed by atoms with E-state index in [0.29, 0.717) is 16.3 Å². The molecule has 6 nitrogen and oxygen atoms in total. The summed E-state index contributed by atoms with van der Waals surface area (Å²) in [5.41, 5.74) is 1.44. The Kier molecular flexibility index (Phi) is 7.37. The number of rotatable bonds is 8. The smallest absolute Gasteiger partial charge is 0.344 e. The summed E-state index contributed by atoms with van der Waals surface area (Å²) in [5, 5.41) is 3.34. The number of hydrogen-bond acceptors (Lipinski definition) is 5. The van der Waals surface area contributed by atoms with Crippen LogP contribution in [0.4, 0.5) is 0 Å². The van der Waals surface area contributed by atoms with Gasteiger partial charge in [-0.25, -0.2) is 4.79 Å². The van der Waals surface area contributed by atoms with Gasteiger partial charge in [0.25, 0.3) is 5.91 Å². The summed E-state index contributed by atoms with van der Waals surface area (Å²) in [7, 11) is 0. The molecule has 2 rings (SSSR count). The first-order chi connectivity index (χ1) is 12.8. The molecule has 2 aromatic rings. The van der Waals surface area contributed by atoms with Gasteiger partial charge in [-0.1, -0.05) is 23.7 Å². The average molecular weight is 390 g/mol. The predicted molar refractivity (Wildman–Crippen MR) is 101 cm³/mol. The van der Waals surface area contributed by atoms with E-state index in [1.807, 2.05) is 19.1 Å². The van der Waals surface area contributed by atoms with Crippen LogP contribution in [-0.4, -0.2) is 30.9 Å². The first kappa shape index (κ1) is 20.5. The molecule has 1 N–H and O–H groups in total. The summed E-state index contributed by atoms with van der Waals surface area (Å²) >= 11 is 5.83. The van der Waals surface area contributed by atoms with Gasteiger partial charge in [0.1, 0.15) is 5.75 Å². The number of carbonyl (C=O) groups is 3. The van der Waals surface area contributed by atoms with Crippen LogP contribution >= 0.6 is 11.6 Å². The van der Waals surface area contributed by atoms with Crippen molar-refractivity contribution in [2.24, 2.45) is 0 Å². The Morgan fingerprint density at radius 1 is 1.00 bits per heavy atom. The van der Waals surface area contributed by atoms with Gasteiger partial charge < -0.3 is 14.8 Å². The van der Waals surface area contributed by atoms with Gasteiger partial charge in [0.05, 0.1) is 6.04 Å². The van der Waals surface area contributed by atoms with Crippen molar-refractivity contribution in [3.63, 3.8) is 0 Å². The number of hydrogen-bond donors (Lipinski definition) is 1. The van der Waals surface area contributed by atoms with Gasteiger partial charge in [-0.2, -0.15) is 0 Å². The molecule has 0 saturated carbocycles. The van der Waals surface area contributed by atoms with Crippen LogP contribution in [0.25, 0.3) is 0 Å². The van der Waals surface area contributed by atoms with Gasteiger partial charge in [0, 0.05) is 10.6 Å². The van der Waals surface area contributed by atoms with Gasteiger partial charge in [-0.3, -0.25) is 9.59 Å². The van der Waals surface area contributed by atoms with Crippen molar-refractivity contribution >= 4 is 29.3 Å². The molecule has 27 heavy (non-hydrogen) atoms. The summed E-state index contributed by atoms with van der Waals surface area (Å²) in [5.74, 6) is -0.714. The van der Waals surface area contributed by atoms with Crippen molar-refractivity contribution in [2.45, 2.75) is 19.9 Å². The van der Waals surface area contributed by atoms with Crippen LogP contribution in [0.1, 0.15) is 35.8 Å². The minimum atomic E-state index is -0.667. The summed E-state index contributed by atoms with van der Waals surface area (Å²) in [4.78, 5) is 34.8. The van der Waals surface area contributed by atoms with E-state index in [1.165, 1.54) is 6.92 Å². The first-order valence-corrected chi connectivity index (χ1v) is 8.67. The maximum atomic E-state index is 11.9. The van der Waals surface area contributed by atoms with E-state index in [1.54, 1.807) is 36.4 Å². The summed E-state index contributed by atoms with van der Waals surface area (Å²) in [6.45, 7) is 2.55. The molecule has 142 valence electrons. The molecule has 7 heteroatoms. The minimum Gasteiger partial charge on any atom is -0.482 e. The van der Waals surface area contributed by atoms with Crippen molar-refractivity contribution < 1.29 is 23.9 Å². The third-order valence-electron chi connectivity index (χ3n) is 3.73. The van der Waals surface area contributed by atoms with Crippen LogP contribution in [0, 0.1) is 0 Å². The summed E-state index contributed by atoms with van der Waals surface area (Å²) in [6.07, 6.45) is 0. The maximum absolute atomic E-state index is 11.9. The van der Waals surface area contributed by atoms with Crippen LogP contribution in [0.3, 0.4) is 0 Å². The molecule has 0 unspecified atom stereocenters. The topological polar surface area (TPSA) is 81.7 Å². The van der Waals surface area contributed by atoms with E-state index in [9.17, 15) is 14.4 Å². The number of nitrogens with one attached hydrogen (secondary N) is 1. The van der Waals surface area contributed by atoms with E-state index in [4.69, 9.17) is 21.1 Å². The molecule has 0 spiro atoms. The largest absolute Gasteiger partial charge is 0.482 e. The van der Waals surface area contributed by atoms with E-state index in [0.717, 1.165) is 5.56 Å². The highest BCUT2D eigenvalue weighted by molar-refractivity contribution is 6.30. The van der Waals surface area contributed by atoms with Crippen LogP contribution in [0.15, 0.2) is 48.5 Å². The second-order valence-corrected chi connectivity index (χ2v) is 6.31. The highest BCUT2D eigenvalue weighted by Gasteiger charge is 2.12. The van der Waals surface area contributed by atoms with Crippen molar-refractivity contribution in [2.75, 3.05) is 13.2 Å². The van der Waals surface area contributed by atoms with Crippen molar-refractivity contribution in [3.8, 4) is 5.75 Å². The highest BCUT2D eigenvalue weighted by atomic mass is 35.5. The molecule has 0 heterocycles. The number of carbonyl (C=O) groups excluding carboxylic acids is 3. The van der Waals surface area contributed by atoms with Gasteiger partial charge in [0.2, 0.25) is 0 Å². The van der Waals surface area contributed by atoms with Crippen molar-refractivity contribution in [1.82, 2.24) is 5.32 Å². The molecule has 0 aliphatic rings. The fraction of sp³-hybridized carbons (Fsp3) is 0.250. The number of ketones is 1. The van der Waals surface area contributed by atoms with Gasteiger partial charge >= 0.3 is 5.97 Å². The van der Waals surface area contributed by atoms with Crippen LogP contribution in [0.2, 0.25) is 5.02 Å². The fourth-order valence-corrected chi connectivity index (χ4v) is 2.36.